The van der Waals surface area contributed by atoms with Crippen LogP contribution in [0.1, 0.15) is 5.56 Å². The molecule has 3 aromatic carbocycles. The Kier molecular flexibility index (Phi) is 6.05. The van der Waals surface area contributed by atoms with E-state index in [1.165, 1.54) is 0 Å². The molecule has 33 heavy (non-hydrogen) atoms. The zero-order chi connectivity index (χ0) is 22.8. The fourth-order valence-electron chi connectivity index (χ4n) is 3.34. The molecule has 8 heteroatoms. The minimum atomic E-state index is -0.183. The predicted octanol–water partition coefficient (Wildman–Crippen LogP) is 7.37. The maximum Gasteiger partial charge on any atom is 0.289 e. The zero-order valence-electron chi connectivity index (χ0n) is 17.1. The molecular formula is C25H16Cl2N4OS. The first-order valence-corrected chi connectivity index (χ1v) is 11.6. The maximum absolute atomic E-state index is 12.2. The van der Waals surface area contributed by atoms with Gasteiger partial charge in [0.25, 0.3) is 5.24 Å². The van der Waals surface area contributed by atoms with Gasteiger partial charge in [-0.05, 0) is 66.4 Å². The Hall–Kier alpha value is -3.32. The summed E-state index contributed by atoms with van der Waals surface area (Å²) in [4.78, 5) is 17.5. The molecule has 0 unspecified atom stereocenters. The van der Waals surface area contributed by atoms with Crippen molar-refractivity contribution in [2.24, 2.45) is 4.99 Å². The quantitative estimate of drug-likeness (QED) is 0.324. The molecule has 5 nitrogen and oxygen atoms in total. The van der Waals surface area contributed by atoms with E-state index in [1.807, 2.05) is 71.6 Å². The van der Waals surface area contributed by atoms with Gasteiger partial charge in [0, 0.05) is 27.4 Å². The van der Waals surface area contributed by atoms with Gasteiger partial charge in [0.1, 0.15) is 5.84 Å². The minimum absolute atomic E-state index is 0.183. The van der Waals surface area contributed by atoms with Gasteiger partial charge in [0.2, 0.25) is 0 Å². The van der Waals surface area contributed by atoms with Crippen LogP contribution in [0.4, 0.5) is 10.5 Å². The van der Waals surface area contributed by atoms with E-state index in [4.69, 9.17) is 28.3 Å². The Morgan fingerprint density at radius 2 is 1.58 bits per heavy atom. The first-order chi connectivity index (χ1) is 16.0. The number of rotatable bonds is 4. The Balaban J connectivity index is 1.60. The topological polar surface area (TPSA) is 59.3 Å². The van der Waals surface area contributed by atoms with Gasteiger partial charge in [0.05, 0.1) is 22.0 Å². The minimum Gasteiger partial charge on any atom is -0.300 e. The summed E-state index contributed by atoms with van der Waals surface area (Å²) in [6, 6.07) is 24.5. The lowest BCUT2D eigenvalue weighted by molar-refractivity contribution is 0.265. The van der Waals surface area contributed by atoms with Gasteiger partial charge >= 0.3 is 0 Å². The SMILES string of the molecule is O=C1NC(=Nc2ccc(Cl)cc2)/C(=C/c2cn(-c3ccccc3)nc2-c2ccc(Cl)cc2)S1. The second kappa shape index (κ2) is 9.27. The molecule has 0 bridgehead atoms. The normalized spacial score (nSPS) is 15.9. The first-order valence-electron chi connectivity index (χ1n) is 10.0. The third kappa shape index (κ3) is 4.88. The molecule has 0 spiro atoms. The highest BCUT2D eigenvalue weighted by atomic mass is 35.5. The van der Waals surface area contributed by atoms with Crippen molar-refractivity contribution < 1.29 is 4.79 Å². The highest BCUT2D eigenvalue weighted by Gasteiger charge is 2.25. The van der Waals surface area contributed by atoms with Crippen molar-refractivity contribution in [1.82, 2.24) is 15.1 Å². The Labute approximate surface area is 204 Å². The molecule has 5 rings (SSSR count). The van der Waals surface area contributed by atoms with Crippen LogP contribution in [0.2, 0.25) is 10.0 Å². The average Bonchev–Trinajstić information content (AvgIpc) is 3.40. The van der Waals surface area contributed by atoms with Gasteiger partial charge in [-0.2, -0.15) is 5.10 Å². The number of nitrogens with one attached hydrogen (secondary N) is 1. The highest BCUT2D eigenvalue weighted by molar-refractivity contribution is 8.18. The summed E-state index contributed by atoms with van der Waals surface area (Å²) in [5, 5.41) is 8.74. The summed E-state index contributed by atoms with van der Waals surface area (Å²) in [6.07, 6.45) is 3.86. The van der Waals surface area contributed by atoms with Crippen LogP contribution in [0.25, 0.3) is 23.0 Å². The number of carbonyl (C=O) groups excluding carboxylic acids is 1. The van der Waals surface area contributed by atoms with E-state index in [-0.39, 0.29) is 5.24 Å². The van der Waals surface area contributed by atoms with Gasteiger partial charge < -0.3 is 5.32 Å². The summed E-state index contributed by atoms with van der Waals surface area (Å²) in [7, 11) is 0. The number of amides is 1. The first kappa shape index (κ1) is 21.5. The monoisotopic (exact) mass is 490 g/mol. The molecule has 1 aromatic heterocycles. The van der Waals surface area contributed by atoms with Crippen LogP contribution < -0.4 is 5.32 Å². The van der Waals surface area contributed by atoms with E-state index in [2.05, 4.69) is 10.3 Å². The number of carbonyl (C=O) groups is 1. The van der Waals surface area contributed by atoms with Gasteiger partial charge in [-0.1, -0.05) is 53.5 Å². The Morgan fingerprint density at radius 1 is 0.909 bits per heavy atom. The average molecular weight is 491 g/mol. The number of hydrogen-bond acceptors (Lipinski definition) is 4. The predicted molar refractivity (Wildman–Crippen MR) is 137 cm³/mol. The lowest BCUT2D eigenvalue weighted by atomic mass is 10.1. The third-order valence-corrected chi connectivity index (χ3v) is 6.21. The number of hydrogen-bond donors (Lipinski definition) is 1. The van der Waals surface area contributed by atoms with Crippen molar-refractivity contribution in [3.05, 3.63) is 106 Å². The molecule has 1 amide bonds. The van der Waals surface area contributed by atoms with E-state index in [1.54, 1.807) is 24.3 Å². The van der Waals surface area contributed by atoms with Crippen molar-refractivity contribution in [2.45, 2.75) is 0 Å². The molecule has 1 N–H and O–H groups in total. The van der Waals surface area contributed by atoms with E-state index in [0.29, 0.717) is 26.5 Å². The molecule has 0 atom stereocenters. The standard InChI is InChI=1S/C25H16Cl2N4OS/c26-18-8-6-16(7-9-18)23-17(15-31(30-23)21-4-2-1-3-5-21)14-22-24(29-25(32)33-22)28-20-12-10-19(27)11-13-20/h1-15H,(H,28,29,32)/b22-14-. The lowest BCUT2D eigenvalue weighted by Crippen LogP contribution is -2.18. The van der Waals surface area contributed by atoms with Gasteiger partial charge in [-0.3, -0.25) is 4.79 Å². The summed E-state index contributed by atoms with van der Waals surface area (Å²) < 4.78 is 1.82. The van der Waals surface area contributed by atoms with Crippen LogP contribution in [0.15, 0.2) is 95.0 Å². The van der Waals surface area contributed by atoms with Crippen molar-refractivity contribution in [3.8, 4) is 16.9 Å². The van der Waals surface area contributed by atoms with Crippen molar-refractivity contribution in [1.29, 1.82) is 0 Å². The van der Waals surface area contributed by atoms with Crippen LogP contribution in [-0.4, -0.2) is 20.9 Å². The van der Waals surface area contributed by atoms with Gasteiger partial charge in [-0.15, -0.1) is 0 Å². The number of aromatic nitrogens is 2. The molecule has 2 heterocycles. The van der Waals surface area contributed by atoms with Gasteiger partial charge in [0.15, 0.2) is 0 Å². The number of aliphatic imine (C=N–C) groups is 1. The molecule has 4 aromatic rings. The molecule has 0 aliphatic carbocycles. The fraction of sp³-hybridized carbons (Fsp3) is 0. The molecule has 1 aliphatic heterocycles. The smallest absolute Gasteiger partial charge is 0.289 e. The zero-order valence-corrected chi connectivity index (χ0v) is 19.4. The van der Waals surface area contributed by atoms with Gasteiger partial charge in [-0.25, -0.2) is 9.67 Å². The van der Waals surface area contributed by atoms with Crippen LogP contribution in [0.5, 0.6) is 0 Å². The second-order valence-corrected chi connectivity index (χ2v) is 9.07. The molecule has 0 saturated carbocycles. The number of nitrogens with zero attached hydrogens (tertiary/aromatic N) is 3. The highest BCUT2D eigenvalue weighted by Crippen LogP contribution is 2.32. The summed E-state index contributed by atoms with van der Waals surface area (Å²) in [5.41, 5.74) is 4.17. The second-order valence-electron chi connectivity index (χ2n) is 7.18. The number of benzene rings is 3. The number of halogens is 2. The van der Waals surface area contributed by atoms with Crippen LogP contribution >= 0.6 is 35.0 Å². The van der Waals surface area contributed by atoms with E-state index in [9.17, 15) is 4.79 Å². The summed E-state index contributed by atoms with van der Waals surface area (Å²) in [5.74, 6) is 0.488. The molecule has 162 valence electrons. The summed E-state index contributed by atoms with van der Waals surface area (Å²) in [6.45, 7) is 0. The Bertz CT molecular complexity index is 1380. The lowest BCUT2D eigenvalue weighted by Gasteiger charge is -2.02. The van der Waals surface area contributed by atoms with E-state index < -0.39 is 0 Å². The number of thioether (sulfide) groups is 1. The maximum atomic E-state index is 12.2. The van der Waals surface area contributed by atoms with Crippen LogP contribution in [0, 0.1) is 0 Å². The van der Waals surface area contributed by atoms with E-state index in [0.717, 1.165) is 34.3 Å². The van der Waals surface area contributed by atoms with Crippen LogP contribution in [0.3, 0.4) is 0 Å². The molecule has 1 fully saturated rings. The largest absolute Gasteiger partial charge is 0.300 e. The molecule has 0 radical (unpaired) electrons. The number of para-hydroxylation sites is 1. The van der Waals surface area contributed by atoms with E-state index >= 15 is 0 Å². The fourth-order valence-corrected chi connectivity index (χ4v) is 4.32. The van der Waals surface area contributed by atoms with Crippen LogP contribution in [-0.2, 0) is 0 Å². The Morgan fingerprint density at radius 3 is 2.27 bits per heavy atom. The number of amidine groups is 1. The molecule has 1 saturated heterocycles. The van der Waals surface area contributed by atoms with Crippen molar-refractivity contribution >= 4 is 57.8 Å². The van der Waals surface area contributed by atoms with Crippen molar-refractivity contribution in [2.75, 3.05) is 0 Å². The van der Waals surface area contributed by atoms with Crippen molar-refractivity contribution in [3.63, 3.8) is 0 Å². The molecular weight excluding hydrogens is 475 g/mol. The molecule has 1 aliphatic rings. The third-order valence-electron chi connectivity index (χ3n) is 4.89. The summed E-state index contributed by atoms with van der Waals surface area (Å²) >= 11 is 13.2.